The normalized spacial score (nSPS) is 21.9. The lowest BCUT2D eigenvalue weighted by molar-refractivity contribution is 0.409. The second-order valence-electron chi connectivity index (χ2n) is 5.45. The van der Waals surface area contributed by atoms with Gasteiger partial charge in [-0.15, -0.1) is 0 Å². The maximum Gasteiger partial charge on any atom is 0.220 e. The van der Waals surface area contributed by atoms with E-state index in [1.54, 1.807) is 0 Å². The minimum atomic E-state index is 0.350. The average Bonchev–Trinajstić information content (AvgIpc) is 2.29. The third-order valence-electron chi connectivity index (χ3n) is 4.19. The van der Waals surface area contributed by atoms with Crippen molar-refractivity contribution < 1.29 is 0 Å². The first-order valence-electron chi connectivity index (χ1n) is 6.87. The Morgan fingerprint density at radius 2 is 1.89 bits per heavy atom. The monoisotopic (exact) mass is 247 g/mol. The van der Waals surface area contributed by atoms with Crippen LogP contribution in [0.25, 0.3) is 0 Å². The highest BCUT2D eigenvalue weighted by molar-refractivity contribution is 5.53. The summed E-state index contributed by atoms with van der Waals surface area (Å²) in [7, 11) is 0. The van der Waals surface area contributed by atoms with Crippen LogP contribution in [0.4, 0.5) is 11.6 Å². The molecule has 0 radical (unpaired) electrons. The van der Waals surface area contributed by atoms with Gasteiger partial charge in [-0.05, 0) is 25.7 Å². The van der Waals surface area contributed by atoms with Crippen molar-refractivity contribution in [3.63, 3.8) is 0 Å². The first kappa shape index (κ1) is 11.7. The van der Waals surface area contributed by atoms with Gasteiger partial charge in [-0.1, -0.05) is 6.42 Å². The lowest BCUT2D eigenvalue weighted by Gasteiger charge is -2.35. The van der Waals surface area contributed by atoms with Gasteiger partial charge in [0, 0.05) is 25.0 Å². The number of hydrogen-bond donors (Lipinski definition) is 2. The van der Waals surface area contributed by atoms with E-state index in [0.717, 1.165) is 31.6 Å². The summed E-state index contributed by atoms with van der Waals surface area (Å²) in [5, 5.41) is 0. The van der Waals surface area contributed by atoms with Gasteiger partial charge in [0.05, 0.1) is 17.6 Å². The maximum absolute atomic E-state index is 5.96. The summed E-state index contributed by atoms with van der Waals surface area (Å²) in [6.07, 6.45) is 7.77. The van der Waals surface area contributed by atoms with Crippen molar-refractivity contribution in [1.29, 1.82) is 0 Å². The minimum Gasteiger partial charge on any atom is -0.369 e. The average molecular weight is 247 g/mol. The lowest BCUT2D eigenvalue weighted by atomic mass is 9.82. The number of piperidine rings is 1. The van der Waals surface area contributed by atoms with Crippen LogP contribution in [0.3, 0.4) is 0 Å². The van der Waals surface area contributed by atoms with Crippen LogP contribution in [0.15, 0.2) is 6.20 Å². The predicted octanol–water partition coefficient (Wildman–Crippen LogP) is 1.25. The zero-order chi connectivity index (χ0) is 12.5. The molecule has 1 saturated heterocycles. The van der Waals surface area contributed by atoms with Gasteiger partial charge in [-0.3, -0.25) is 0 Å². The third-order valence-corrected chi connectivity index (χ3v) is 4.19. The molecule has 0 unspecified atom stereocenters. The van der Waals surface area contributed by atoms with Crippen LogP contribution in [-0.4, -0.2) is 29.1 Å². The Morgan fingerprint density at radius 1 is 1.17 bits per heavy atom. The second kappa shape index (κ2) is 4.72. The van der Waals surface area contributed by atoms with Crippen LogP contribution in [-0.2, 0) is 0 Å². The van der Waals surface area contributed by atoms with Gasteiger partial charge in [-0.2, -0.15) is 0 Å². The molecule has 2 fully saturated rings. The lowest BCUT2D eigenvalue weighted by Crippen LogP contribution is -2.40. The highest BCUT2D eigenvalue weighted by Gasteiger charge is 2.27. The van der Waals surface area contributed by atoms with Crippen LogP contribution in [0.5, 0.6) is 0 Å². The summed E-state index contributed by atoms with van der Waals surface area (Å²) in [6.45, 7) is 2.02. The van der Waals surface area contributed by atoms with E-state index in [-0.39, 0.29) is 0 Å². The first-order chi connectivity index (χ1) is 8.74. The zero-order valence-electron chi connectivity index (χ0n) is 10.7. The van der Waals surface area contributed by atoms with Gasteiger partial charge >= 0.3 is 0 Å². The summed E-state index contributed by atoms with van der Waals surface area (Å²) in [4.78, 5) is 11.0. The van der Waals surface area contributed by atoms with Crippen molar-refractivity contribution in [1.82, 2.24) is 9.97 Å². The van der Waals surface area contributed by atoms with E-state index in [9.17, 15) is 0 Å². The Balaban J connectivity index is 1.85. The Kier molecular flexibility index (Phi) is 3.07. The van der Waals surface area contributed by atoms with Crippen molar-refractivity contribution in [3.05, 3.63) is 11.9 Å². The molecule has 2 heterocycles. The second-order valence-corrected chi connectivity index (χ2v) is 5.45. The van der Waals surface area contributed by atoms with Crippen molar-refractivity contribution in [2.75, 3.05) is 23.7 Å². The summed E-state index contributed by atoms with van der Waals surface area (Å²) >= 11 is 0. The van der Waals surface area contributed by atoms with E-state index in [1.165, 1.54) is 24.9 Å². The molecule has 0 bridgehead atoms. The van der Waals surface area contributed by atoms with Crippen LogP contribution in [0, 0.1) is 0 Å². The van der Waals surface area contributed by atoms with Crippen molar-refractivity contribution in [2.24, 2.45) is 5.73 Å². The fourth-order valence-electron chi connectivity index (χ4n) is 2.77. The number of nitrogens with zero attached hydrogens (tertiary/aromatic N) is 3. The minimum absolute atomic E-state index is 0.350. The molecule has 5 heteroatoms. The number of nitrogens with two attached hydrogens (primary N) is 2. The van der Waals surface area contributed by atoms with Crippen molar-refractivity contribution >= 4 is 11.6 Å². The fourth-order valence-corrected chi connectivity index (χ4v) is 2.77. The molecule has 2 aliphatic rings. The maximum atomic E-state index is 5.96. The third kappa shape index (κ3) is 2.14. The molecule has 0 atom stereocenters. The molecular formula is C13H21N5. The van der Waals surface area contributed by atoms with E-state index in [2.05, 4.69) is 14.9 Å². The molecule has 3 rings (SSSR count). The fraction of sp³-hybridized carbons (Fsp3) is 0.692. The SMILES string of the molecule is Nc1ncc(N2CCC(N)CC2)c(C2CCC2)n1. The smallest absolute Gasteiger partial charge is 0.220 e. The summed E-state index contributed by atoms with van der Waals surface area (Å²) in [5.41, 5.74) is 14.0. The largest absolute Gasteiger partial charge is 0.369 e. The Hall–Kier alpha value is -1.36. The van der Waals surface area contributed by atoms with E-state index >= 15 is 0 Å². The molecule has 18 heavy (non-hydrogen) atoms. The molecule has 1 aliphatic heterocycles. The molecule has 1 aromatic heterocycles. The van der Waals surface area contributed by atoms with E-state index in [1.807, 2.05) is 6.20 Å². The highest BCUT2D eigenvalue weighted by Crippen LogP contribution is 2.40. The van der Waals surface area contributed by atoms with Gasteiger partial charge in [0.25, 0.3) is 0 Å². The summed E-state index contributed by atoms with van der Waals surface area (Å²) < 4.78 is 0. The highest BCUT2D eigenvalue weighted by atomic mass is 15.2. The van der Waals surface area contributed by atoms with E-state index < -0.39 is 0 Å². The van der Waals surface area contributed by atoms with Crippen LogP contribution < -0.4 is 16.4 Å². The molecule has 98 valence electrons. The standard InChI is InChI=1S/C13H21N5/c14-10-4-6-18(7-5-10)11-8-16-13(15)17-12(11)9-2-1-3-9/h8-10H,1-7,14H2,(H2,15,16,17). The van der Waals surface area contributed by atoms with Gasteiger partial charge in [0.1, 0.15) is 0 Å². The number of rotatable bonds is 2. The predicted molar refractivity (Wildman–Crippen MR) is 72.5 cm³/mol. The first-order valence-corrected chi connectivity index (χ1v) is 6.87. The van der Waals surface area contributed by atoms with Gasteiger partial charge in [-0.25, -0.2) is 9.97 Å². The molecule has 1 aliphatic carbocycles. The molecule has 0 spiro atoms. The van der Waals surface area contributed by atoms with Crippen LogP contribution >= 0.6 is 0 Å². The van der Waals surface area contributed by atoms with Gasteiger partial charge < -0.3 is 16.4 Å². The van der Waals surface area contributed by atoms with Crippen molar-refractivity contribution in [2.45, 2.75) is 44.1 Å². The summed E-state index contributed by atoms with van der Waals surface area (Å²) in [6, 6.07) is 0.350. The van der Waals surface area contributed by atoms with Crippen molar-refractivity contribution in [3.8, 4) is 0 Å². The zero-order valence-corrected chi connectivity index (χ0v) is 10.7. The molecule has 1 aromatic rings. The molecule has 4 N–H and O–H groups in total. The molecule has 0 amide bonds. The van der Waals surface area contributed by atoms with E-state index in [0.29, 0.717) is 17.9 Å². The molecule has 5 nitrogen and oxygen atoms in total. The van der Waals surface area contributed by atoms with Crippen LogP contribution in [0.2, 0.25) is 0 Å². The van der Waals surface area contributed by atoms with E-state index in [4.69, 9.17) is 11.5 Å². The van der Waals surface area contributed by atoms with Gasteiger partial charge in [0.15, 0.2) is 0 Å². The number of anilines is 2. The quantitative estimate of drug-likeness (QED) is 0.822. The summed E-state index contributed by atoms with van der Waals surface area (Å²) in [5.74, 6) is 0.982. The Bertz CT molecular complexity index is 421. The molecular weight excluding hydrogens is 226 g/mol. The topological polar surface area (TPSA) is 81.1 Å². The molecule has 0 aromatic carbocycles. The van der Waals surface area contributed by atoms with Gasteiger partial charge in [0.2, 0.25) is 5.95 Å². The Morgan fingerprint density at radius 3 is 2.50 bits per heavy atom. The number of nitrogen functional groups attached to an aromatic ring is 1. The number of hydrogen-bond acceptors (Lipinski definition) is 5. The Labute approximate surface area is 108 Å². The van der Waals surface area contributed by atoms with Crippen LogP contribution in [0.1, 0.15) is 43.7 Å². The number of aromatic nitrogens is 2. The molecule has 1 saturated carbocycles.